The smallest absolute Gasteiger partial charge is 0.324 e. The van der Waals surface area contributed by atoms with E-state index in [2.05, 4.69) is 13.8 Å². The van der Waals surface area contributed by atoms with Gasteiger partial charge in [-0.3, -0.25) is 9.36 Å². The number of hydrogen-bond donors (Lipinski definition) is 2. The van der Waals surface area contributed by atoms with E-state index in [4.69, 9.17) is 9.79 Å². The fraction of sp³-hybridized carbons (Fsp3) is 0.727. The average Bonchev–Trinajstić information content (AvgIpc) is 2.15. The lowest BCUT2D eigenvalue weighted by atomic mass is 9.82. The molecule has 1 fully saturated rings. The Kier molecular flexibility index (Phi) is 4.48. The van der Waals surface area contributed by atoms with Gasteiger partial charge in [-0.1, -0.05) is 11.1 Å². The van der Waals surface area contributed by atoms with Crippen LogP contribution in [0, 0.1) is 5.92 Å². The first-order chi connectivity index (χ1) is 7.29. The van der Waals surface area contributed by atoms with Gasteiger partial charge < -0.3 is 9.79 Å². The van der Waals surface area contributed by atoms with Crippen LogP contribution in [0.5, 0.6) is 0 Å². The van der Waals surface area contributed by atoms with Gasteiger partial charge in [0, 0.05) is 5.92 Å². The van der Waals surface area contributed by atoms with E-state index < -0.39 is 13.8 Å². The third-order valence-corrected chi connectivity index (χ3v) is 3.84. The Morgan fingerprint density at radius 2 is 1.81 bits per heavy atom. The summed E-state index contributed by atoms with van der Waals surface area (Å²) in [4.78, 5) is 29.1. The van der Waals surface area contributed by atoms with Crippen LogP contribution in [0.25, 0.3) is 0 Å². The van der Waals surface area contributed by atoms with Crippen LogP contribution < -0.4 is 0 Å². The van der Waals surface area contributed by atoms with Gasteiger partial charge in [0.2, 0.25) is 0 Å². The monoisotopic (exact) mass is 246 g/mol. The normalized spacial score (nSPS) is 22.0. The van der Waals surface area contributed by atoms with Gasteiger partial charge in [-0.25, -0.2) is 0 Å². The van der Waals surface area contributed by atoms with Crippen LogP contribution in [0.15, 0.2) is 11.1 Å². The summed E-state index contributed by atoms with van der Waals surface area (Å²) in [6.07, 6.45) is 2.65. The Hall–Kier alpha value is -0.440. The van der Waals surface area contributed by atoms with Gasteiger partial charge in [0.1, 0.15) is 11.9 Å². The van der Waals surface area contributed by atoms with Crippen molar-refractivity contribution in [1.82, 2.24) is 0 Å². The predicted octanol–water partition coefficient (Wildman–Crippen LogP) is 2.26. The van der Waals surface area contributed by atoms with Gasteiger partial charge in [0.15, 0.2) is 0 Å². The lowest BCUT2D eigenvalue weighted by Gasteiger charge is -2.24. The number of rotatable bonds is 3. The van der Waals surface area contributed by atoms with Crippen molar-refractivity contribution in [2.75, 3.05) is 6.16 Å². The molecule has 0 aliphatic heterocycles. The maximum atomic E-state index is 11.6. The van der Waals surface area contributed by atoms with Crippen molar-refractivity contribution in [2.24, 2.45) is 5.92 Å². The maximum absolute atomic E-state index is 11.6. The van der Waals surface area contributed by atoms with Crippen molar-refractivity contribution < 1.29 is 19.1 Å². The van der Waals surface area contributed by atoms with Gasteiger partial charge in [-0.05, 0) is 39.5 Å². The first-order valence-corrected chi connectivity index (χ1v) is 7.32. The number of carbonyl (C=O) groups excluding carboxylic acids is 1. The molecule has 0 atom stereocenters. The van der Waals surface area contributed by atoms with E-state index >= 15 is 0 Å². The topological polar surface area (TPSA) is 74.6 Å². The van der Waals surface area contributed by atoms with E-state index in [1.54, 1.807) is 0 Å². The number of allylic oxidation sites excluding steroid dienone is 2. The third kappa shape index (κ3) is 4.20. The quantitative estimate of drug-likeness (QED) is 0.591. The highest BCUT2D eigenvalue weighted by Gasteiger charge is 2.28. The summed E-state index contributed by atoms with van der Waals surface area (Å²) < 4.78 is 10.7. The van der Waals surface area contributed by atoms with Crippen LogP contribution in [0.2, 0.25) is 0 Å². The molecule has 0 saturated heterocycles. The molecule has 0 bridgehead atoms. The molecule has 16 heavy (non-hydrogen) atoms. The Morgan fingerprint density at radius 1 is 1.31 bits per heavy atom. The van der Waals surface area contributed by atoms with Gasteiger partial charge in [0.25, 0.3) is 0 Å². The fourth-order valence-electron chi connectivity index (χ4n) is 2.12. The minimum absolute atomic E-state index is 0.157. The van der Waals surface area contributed by atoms with Gasteiger partial charge in [-0.2, -0.15) is 0 Å². The molecule has 0 aromatic rings. The zero-order valence-corrected chi connectivity index (χ0v) is 10.7. The van der Waals surface area contributed by atoms with Crippen molar-refractivity contribution in [3.8, 4) is 0 Å². The van der Waals surface area contributed by atoms with Crippen LogP contribution in [0.4, 0.5) is 0 Å². The summed E-state index contributed by atoms with van der Waals surface area (Å²) in [6.45, 7) is 4.13. The van der Waals surface area contributed by atoms with E-state index in [1.165, 1.54) is 11.1 Å². The molecule has 0 radical (unpaired) electrons. The maximum Gasteiger partial charge on any atom is 0.332 e. The molecule has 0 unspecified atom stereocenters. The number of ketones is 1. The van der Waals surface area contributed by atoms with E-state index in [0.717, 1.165) is 25.7 Å². The number of Topliss-reactive ketones (excluding diaryl/α,β-unsaturated/α-hetero) is 1. The molecule has 0 heterocycles. The zero-order valence-electron chi connectivity index (χ0n) is 9.77. The Bertz CT molecular complexity index is 339. The summed E-state index contributed by atoms with van der Waals surface area (Å²) in [5.74, 6) is -0.433. The first-order valence-electron chi connectivity index (χ1n) is 5.52. The molecule has 0 spiro atoms. The molecule has 1 aliphatic carbocycles. The standard InChI is InChI=1S/C11H19O4P/c1-8(2)9-3-5-10(6-4-9)11(12)7-16(13,14)15/h10H,3-7H2,1-2H3,(H2,13,14,15). The van der Waals surface area contributed by atoms with Crippen molar-refractivity contribution in [1.29, 1.82) is 0 Å². The molecule has 4 nitrogen and oxygen atoms in total. The molecule has 0 amide bonds. The second-order valence-corrected chi connectivity index (χ2v) is 6.31. The fourth-order valence-corrected chi connectivity index (χ4v) is 2.78. The summed E-state index contributed by atoms with van der Waals surface area (Å²) in [5, 5.41) is 0. The van der Waals surface area contributed by atoms with Crippen LogP contribution in [-0.2, 0) is 9.36 Å². The molecule has 5 heteroatoms. The lowest BCUT2D eigenvalue weighted by Crippen LogP contribution is -2.21. The van der Waals surface area contributed by atoms with E-state index in [-0.39, 0.29) is 11.7 Å². The first kappa shape index (κ1) is 13.6. The van der Waals surface area contributed by atoms with Gasteiger partial charge in [0.05, 0.1) is 0 Å². The Balaban J connectivity index is 2.52. The van der Waals surface area contributed by atoms with Crippen LogP contribution in [0.1, 0.15) is 39.5 Å². The van der Waals surface area contributed by atoms with Crippen molar-refractivity contribution in [2.45, 2.75) is 39.5 Å². The molecular weight excluding hydrogens is 227 g/mol. The lowest BCUT2D eigenvalue weighted by molar-refractivity contribution is -0.121. The van der Waals surface area contributed by atoms with E-state index in [1.807, 2.05) is 0 Å². The largest absolute Gasteiger partial charge is 0.332 e. The van der Waals surface area contributed by atoms with E-state index in [0.29, 0.717) is 0 Å². The molecule has 2 N–H and O–H groups in total. The van der Waals surface area contributed by atoms with Crippen LogP contribution in [-0.4, -0.2) is 21.7 Å². The number of hydrogen-bond acceptors (Lipinski definition) is 2. The minimum atomic E-state index is -4.18. The molecule has 0 aromatic carbocycles. The molecule has 92 valence electrons. The third-order valence-electron chi connectivity index (χ3n) is 3.11. The highest BCUT2D eigenvalue weighted by atomic mass is 31.2. The Labute approximate surface area is 95.9 Å². The van der Waals surface area contributed by atoms with Crippen molar-refractivity contribution >= 4 is 13.4 Å². The minimum Gasteiger partial charge on any atom is -0.324 e. The van der Waals surface area contributed by atoms with Crippen LogP contribution >= 0.6 is 7.60 Å². The summed E-state index contributed by atoms with van der Waals surface area (Å²) in [5.41, 5.74) is 2.70. The zero-order chi connectivity index (χ0) is 12.3. The SMILES string of the molecule is CC(C)=C1CCC(C(=O)CP(=O)(O)O)CC1. The highest BCUT2D eigenvalue weighted by molar-refractivity contribution is 7.52. The summed E-state index contributed by atoms with van der Waals surface area (Å²) in [7, 11) is -4.18. The van der Waals surface area contributed by atoms with Crippen LogP contribution in [0.3, 0.4) is 0 Å². The van der Waals surface area contributed by atoms with Gasteiger partial charge >= 0.3 is 7.60 Å². The second kappa shape index (κ2) is 5.26. The van der Waals surface area contributed by atoms with Gasteiger partial charge in [-0.15, -0.1) is 0 Å². The predicted molar refractivity (Wildman–Crippen MR) is 62.3 cm³/mol. The highest BCUT2D eigenvalue weighted by Crippen LogP contribution is 2.38. The molecular formula is C11H19O4P. The molecule has 0 aromatic heterocycles. The molecule has 1 saturated carbocycles. The summed E-state index contributed by atoms with van der Waals surface area (Å²) >= 11 is 0. The van der Waals surface area contributed by atoms with Crippen molar-refractivity contribution in [3.63, 3.8) is 0 Å². The van der Waals surface area contributed by atoms with E-state index in [9.17, 15) is 9.36 Å². The number of carbonyl (C=O) groups is 1. The van der Waals surface area contributed by atoms with Crippen molar-refractivity contribution in [3.05, 3.63) is 11.1 Å². The molecule has 1 rings (SSSR count). The second-order valence-electron chi connectivity index (χ2n) is 4.67. The summed E-state index contributed by atoms with van der Waals surface area (Å²) in [6, 6.07) is 0. The average molecular weight is 246 g/mol. The molecule has 1 aliphatic rings. The Morgan fingerprint density at radius 3 is 2.19 bits per heavy atom.